The monoisotopic (exact) mass is 401 g/mol. The summed E-state index contributed by atoms with van der Waals surface area (Å²) in [7, 11) is 0. The second-order valence-corrected chi connectivity index (χ2v) is 7.50. The Morgan fingerprint density at radius 2 is 1.83 bits per heavy atom. The third-order valence-corrected chi connectivity index (χ3v) is 5.42. The summed E-state index contributed by atoms with van der Waals surface area (Å²) in [6.45, 7) is 7.77. The quantitative estimate of drug-likeness (QED) is 0.575. The molecule has 0 spiro atoms. The molecule has 1 heterocycles. The minimum absolute atomic E-state index is 0.237. The zero-order valence-corrected chi connectivity index (χ0v) is 17.9. The molecular formula is C25H27N3O2. The summed E-state index contributed by atoms with van der Waals surface area (Å²) in [5.41, 5.74) is 12.6. The number of nitrogens with zero attached hydrogens (tertiary/aromatic N) is 2. The lowest BCUT2D eigenvalue weighted by atomic mass is 9.97. The summed E-state index contributed by atoms with van der Waals surface area (Å²) < 4.78 is 6.13. The Morgan fingerprint density at radius 3 is 2.53 bits per heavy atom. The molecule has 1 unspecified atom stereocenters. The van der Waals surface area contributed by atoms with Crippen molar-refractivity contribution >= 4 is 5.82 Å². The van der Waals surface area contributed by atoms with Crippen molar-refractivity contribution in [1.82, 2.24) is 4.98 Å². The number of hydrogen-bond acceptors (Lipinski definition) is 5. The van der Waals surface area contributed by atoms with E-state index in [-0.39, 0.29) is 11.6 Å². The van der Waals surface area contributed by atoms with Gasteiger partial charge in [-0.3, -0.25) is 0 Å². The number of aromatic hydroxyl groups is 1. The molecule has 0 aliphatic carbocycles. The van der Waals surface area contributed by atoms with Gasteiger partial charge in [-0.2, -0.15) is 5.26 Å². The van der Waals surface area contributed by atoms with Gasteiger partial charge >= 0.3 is 0 Å². The van der Waals surface area contributed by atoms with Crippen LogP contribution in [0.15, 0.2) is 42.6 Å². The molecule has 0 saturated carbocycles. The van der Waals surface area contributed by atoms with Gasteiger partial charge in [-0.15, -0.1) is 0 Å². The van der Waals surface area contributed by atoms with Gasteiger partial charge in [-0.05, 0) is 67.1 Å². The van der Waals surface area contributed by atoms with Crippen molar-refractivity contribution in [3.63, 3.8) is 0 Å². The minimum atomic E-state index is -0.402. The van der Waals surface area contributed by atoms with Gasteiger partial charge in [-0.1, -0.05) is 31.2 Å². The topological polar surface area (TPSA) is 92.2 Å². The lowest BCUT2D eigenvalue weighted by Gasteiger charge is -2.20. The van der Waals surface area contributed by atoms with Crippen LogP contribution in [0.3, 0.4) is 0 Å². The maximum absolute atomic E-state index is 10.5. The van der Waals surface area contributed by atoms with Crippen LogP contribution in [0.4, 0.5) is 5.82 Å². The molecule has 0 fully saturated rings. The van der Waals surface area contributed by atoms with Crippen LogP contribution in [0, 0.1) is 25.2 Å². The van der Waals surface area contributed by atoms with E-state index in [1.54, 1.807) is 6.20 Å². The van der Waals surface area contributed by atoms with E-state index in [1.807, 2.05) is 51.1 Å². The number of phenolic OH excluding ortho intramolecular Hbond substituents is 1. The number of ether oxygens (including phenoxy) is 1. The predicted octanol–water partition coefficient (Wildman–Crippen LogP) is 5.42. The highest BCUT2D eigenvalue weighted by Crippen LogP contribution is 2.36. The van der Waals surface area contributed by atoms with Crippen molar-refractivity contribution in [3.8, 4) is 28.7 Å². The predicted molar refractivity (Wildman–Crippen MR) is 119 cm³/mol. The Balaban J connectivity index is 1.96. The number of pyridine rings is 1. The lowest BCUT2D eigenvalue weighted by molar-refractivity contribution is 0.221. The number of nitrogen functional groups attached to an aromatic ring is 1. The molecule has 0 radical (unpaired) electrons. The van der Waals surface area contributed by atoms with Gasteiger partial charge in [0.25, 0.3) is 0 Å². The van der Waals surface area contributed by atoms with Gasteiger partial charge in [0.15, 0.2) is 11.6 Å². The van der Waals surface area contributed by atoms with Crippen molar-refractivity contribution < 1.29 is 9.84 Å². The van der Waals surface area contributed by atoms with E-state index in [0.717, 1.165) is 39.8 Å². The first-order valence-electron chi connectivity index (χ1n) is 10.1. The van der Waals surface area contributed by atoms with E-state index in [9.17, 15) is 5.11 Å². The van der Waals surface area contributed by atoms with Crippen molar-refractivity contribution in [3.05, 3.63) is 70.4 Å². The van der Waals surface area contributed by atoms with Crippen LogP contribution in [0.25, 0.3) is 11.1 Å². The number of benzene rings is 2. The zero-order valence-electron chi connectivity index (χ0n) is 17.9. The number of anilines is 1. The smallest absolute Gasteiger partial charge is 0.166 e. The Morgan fingerprint density at radius 1 is 1.10 bits per heavy atom. The van der Waals surface area contributed by atoms with Gasteiger partial charge in [0, 0.05) is 17.3 Å². The van der Waals surface area contributed by atoms with Crippen LogP contribution in [-0.2, 0) is 12.8 Å². The zero-order chi connectivity index (χ0) is 21.8. The SMILES string of the molecule is CCc1ccc(-c2cnc(N)c(OC(C)c3c(C)ccc(C)c3O)c2)cc1CC#N. The van der Waals surface area contributed by atoms with Crippen molar-refractivity contribution in [2.45, 2.75) is 46.6 Å². The van der Waals surface area contributed by atoms with Crippen molar-refractivity contribution in [1.29, 1.82) is 5.26 Å². The van der Waals surface area contributed by atoms with Gasteiger partial charge in [0.2, 0.25) is 0 Å². The molecule has 0 saturated heterocycles. The summed E-state index contributed by atoms with van der Waals surface area (Å²) in [6.07, 6.45) is 2.55. The normalized spacial score (nSPS) is 11.7. The van der Waals surface area contributed by atoms with E-state index in [2.05, 4.69) is 24.0 Å². The number of nitrogens with two attached hydrogens (primary N) is 1. The Bertz CT molecular complexity index is 1120. The molecule has 3 N–H and O–H groups in total. The number of nitriles is 1. The maximum Gasteiger partial charge on any atom is 0.166 e. The molecule has 154 valence electrons. The molecule has 30 heavy (non-hydrogen) atoms. The lowest BCUT2D eigenvalue weighted by Crippen LogP contribution is -2.08. The third-order valence-electron chi connectivity index (χ3n) is 5.42. The van der Waals surface area contributed by atoms with Gasteiger partial charge in [0.05, 0.1) is 12.5 Å². The molecule has 2 aromatic carbocycles. The first kappa shape index (κ1) is 21.2. The maximum atomic E-state index is 10.5. The fraction of sp³-hybridized carbons (Fsp3) is 0.280. The highest BCUT2D eigenvalue weighted by Gasteiger charge is 2.18. The molecule has 1 aromatic heterocycles. The molecule has 0 bridgehead atoms. The minimum Gasteiger partial charge on any atom is -0.507 e. The van der Waals surface area contributed by atoms with Crippen LogP contribution in [-0.4, -0.2) is 10.1 Å². The van der Waals surface area contributed by atoms with E-state index in [0.29, 0.717) is 12.2 Å². The Hall–Kier alpha value is -3.52. The van der Waals surface area contributed by atoms with Gasteiger partial charge in [0.1, 0.15) is 11.9 Å². The number of aryl methyl sites for hydroxylation is 3. The third kappa shape index (κ3) is 4.23. The van der Waals surface area contributed by atoms with Crippen molar-refractivity contribution in [2.24, 2.45) is 0 Å². The molecule has 1 atom stereocenters. The summed E-state index contributed by atoms with van der Waals surface area (Å²) in [5, 5.41) is 19.6. The largest absolute Gasteiger partial charge is 0.507 e. The molecular weight excluding hydrogens is 374 g/mol. The average Bonchev–Trinajstić information content (AvgIpc) is 2.73. The van der Waals surface area contributed by atoms with Crippen LogP contribution in [0.1, 0.15) is 47.8 Å². The second kappa shape index (κ2) is 8.87. The standard InChI is InChI=1S/C25H27N3O2/c1-5-18-8-9-19(12-20(18)10-11-26)21-13-22(25(27)28-14-21)30-17(4)23-15(2)6-7-16(3)24(23)29/h6-9,12-14,17,29H,5,10H2,1-4H3,(H2,27,28). The summed E-state index contributed by atoms with van der Waals surface area (Å²) in [4.78, 5) is 4.31. The van der Waals surface area contributed by atoms with E-state index in [4.69, 9.17) is 15.7 Å². The second-order valence-electron chi connectivity index (χ2n) is 7.50. The number of phenols is 1. The molecule has 0 aliphatic heterocycles. The van der Waals surface area contributed by atoms with E-state index < -0.39 is 6.10 Å². The van der Waals surface area contributed by atoms with E-state index >= 15 is 0 Å². The van der Waals surface area contributed by atoms with E-state index in [1.165, 1.54) is 5.56 Å². The Kier molecular flexibility index (Phi) is 6.27. The van der Waals surface area contributed by atoms with Crippen LogP contribution >= 0.6 is 0 Å². The fourth-order valence-corrected chi connectivity index (χ4v) is 3.69. The molecule has 5 heteroatoms. The summed E-state index contributed by atoms with van der Waals surface area (Å²) in [5.74, 6) is 0.987. The summed E-state index contributed by atoms with van der Waals surface area (Å²) in [6, 6.07) is 14.0. The Labute approximate surface area is 177 Å². The fourth-order valence-electron chi connectivity index (χ4n) is 3.69. The highest BCUT2D eigenvalue weighted by molar-refractivity contribution is 5.68. The van der Waals surface area contributed by atoms with Gasteiger partial charge in [-0.25, -0.2) is 4.98 Å². The molecule has 0 amide bonds. The molecule has 5 nitrogen and oxygen atoms in total. The number of aromatic nitrogens is 1. The van der Waals surface area contributed by atoms with Gasteiger partial charge < -0.3 is 15.6 Å². The first-order valence-corrected chi connectivity index (χ1v) is 10.1. The molecule has 3 aromatic rings. The first-order chi connectivity index (χ1) is 14.3. The van der Waals surface area contributed by atoms with Crippen LogP contribution in [0.5, 0.6) is 11.5 Å². The van der Waals surface area contributed by atoms with Crippen LogP contribution in [0.2, 0.25) is 0 Å². The number of rotatable bonds is 6. The molecule has 3 rings (SSSR count). The highest BCUT2D eigenvalue weighted by atomic mass is 16.5. The number of hydrogen-bond donors (Lipinski definition) is 2. The van der Waals surface area contributed by atoms with Crippen LogP contribution < -0.4 is 10.5 Å². The average molecular weight is 402 g/mol. The molecule has 0 aliphatic rings. The van der Waals surface area contributed by atoms with Crippen molar-refractivity contribution in [2.75, 3.05) is 5.73 Å². The summed E-state index contributed by atoms with van der Waals surface area (Å²) >= 11 is 0.